The van der Waals surface area contributed by atoms with E-state index in [1.807, 2.05) is 25.1 Å². The Balaban J connectivity index is 2.33. The topological polar surface area (TPSA) is 67.8 Å². The third kappa shape index (κ3) is 1.54. The normalized spacial score (nSPS) is 11.9. The summed E-state index contributed by atoms with van der Waals surface area (Å²) in [6.07, 6.45) is 5.13. The molecule has 0 aliphatic rings. The van der Waals surface area contributed by atoms with Crippen LogP contribution in [0.5, 0.6) is 0 Å². The molecule has 0 unspecified atom stereocenters. The monoisotopic (exact) mass is 189 g/mol. The van der Waals surface area contributed by atoms with Crippen molar-refractivity contribution in [2.75, 3.05) is 5.73 Å². The van der Waals surface area contributed by atoms with Crippen molar-refractivity contribution in [3.05, 3.63) is 36.0 Å². The lowest BCUT2D eigenvalue weighted by molar-refractivity contribution is 0.557. The number of hydrogen-bond acceptors (Lipinski definition) is 3. The van der Waals surface area contributed by atoms with Crippen molar-refractivity contribution < 1.29 is 4.42 Å². The molecule has 0 aliphatic carbocycles. The Labute approximate surface area is 81.4 Å². The van der Waals surface area contributed by atoms with E-state index >= 15 is 0 Å². The number of H-pyrrole nitrogens is 1. The van der Waals surface area contributed by atoms with Crippen LogP contribution in [0.1, 0.15) is 18.4 Å². The van der Waals surface area contributed by atoms with E-state index in [1.165, 1.54) is 0 Å². The molecular weight excluding hydrogens is 178 g/mol. The molecule has 4 heteroatoms. The first kappa shape index (κ1) is 8.62. The maximum atomic E-state index is 5.71. The molecule has 14 heavy (non-hydrogen) atoms. The smallest absolute Gasteiger partial charge is 0.126 e. The maximum absolute atomic E-state index is 5.71. The molecule has 4 nitrogen and oxygen atoms in total. The molecule has 2 aromatic heterocycles. The zero-order valence-electron chi connectivity index (χ0n) is 7.82. The standard InChI is InChI=1S/C10H11N3O/c1-7(5-8-3-2-4-14-8)10-9(11)6-12-13-10/h2-6H,11H2,1H3,(H,12,13)/b7-5-. The summed E-state index contributed by atoms with van der Waals surface area (Å²) in [4.78, 5) is 0. The molecule has 0 atom stereocenters. The highest BCUT2D eigenvalue weighted by Gasteiger charge is 2.03. The minimum absolute atomic E-state index is 0.644. The average molecular weight is 189 g/mol. The Kier molecular flexibility index (Phi) is 2.10. The number of rotatable bonds is 2. The molecule has 0 saturated carbocycles. The number of aromatic nitrogens is 2. The van der Waals surface area contributed by atoms with Crippen molar-refractivity contribution >= 4 is 17.3 Å². The molecule has 72 valence electrons. The lowest BCUT2D eigenvalue weighted by Crippen LogP contribution is -1.88. The van der Waals surface area contributed by atoms with Gasteiger partial charge in [-0.2, -0.15) is 5.10 Å². The van der Waals surface area contributed by atoms with Gasteiger partial charge < -0.3 is 10.2 Å². The van der Waals surface area contributed by atoms with Crippen molar-refractivity contribution in [3.63, 3.8) is 0 Å². The van der Waals surface area contributed by atoms with Gasteiger partial charge in [-0.25, -0.2) is 0 Å². The van der Waals surface area contributed by atoms with Crippen LogP contribution in [-0.2, 0) is 0 Å². The fourth-order valence-electron chi connectivity index (χ4n) is 1.27. The van der Waals surface area contributed by atoms with Crippen LogP contribution >= 0.6 is 0 Å². The molecule has 0 bridgehead atoms. The summed E-state index contributed by atoms with van der Waals surface area (Å²) < 4.78 is 5.19. The molecule has 2 rings (SSSR count). The van der Waals surface area contributed by atoms with Gasteiger partial charge in [0.15, 0.2) is 0 Å². The predicted molar refractivity (Wildman–Crippen MR) is 55.3 cm³/mol. The quantitative estimate of drug-likeness (QED) is 0.760. The van der Waals surface area contributed by atoms with E-state index in [4.69, 9.17) is 10.2 Å². The van der Waals surface area contributed by atoms with Gasteiger partial charge >= 0.3 is 0 Å². The summed E-state index contributed by atoms with van der Waals surface area (Å²) in [5, 5.41) is 6.68. The number of nitrogens with zero attached hydrogens (tertiary/aromatic N) is 1. The van der Waals surface area contributed by atoms with E-state index in [-0.39, 0.29) is 0 Å². The van der Waals surface area contributed by atoms with Crippen LogP contribution in [-0.4, -0.2) is 10.2 Å². The zero-order valence-corrected chi connectivity index (χ0v) is 7.82. The van der Waals surface area contributed by atoms with Gasteiger partial charge in [-0.1, -0.05) is 0 Å². The van der Waals surface area contributed by atoms with E-state index in [1.54, 1.807) is 12.5 Å². The summed E-state index contributed by atoms with van der Waals surface area (Å²) in [6.45, 7) is 1.95. The van der Waals surface area contributed by atoms with Gasteiger partial charge in [-0.05, 0) is 30.7 Å². The highest BCUT2D eigenvalue weighted by Crippen LogP contribution is 2.20. The van der Waals surface area contributed by atoms with E-state index < -0.39 is 0 Å². The number of hydrogen-bond donors (Lipinski definition) is 2. The first-order chi connectivity index (χ1) is 6.77. The second-order valence-corrected chi connectivity index (χ2v) is 3.04. The van der Waals surface area contributed by atoms with Gasteiger partial charge in [0.2, 0.25) is 0 Å². The minimum atomic E-state index is 0.644. The Morgan fingerprint density at radius 1 is 1.64 bits per heavy atom. The van der Waals surface area contributed by atoms with Gasteiger partial charge in [0.05, 0.1) is 23.8 Å². The van der Waals surface area contributed by atoms with Gasteiger partial charge in [0, 0.05) is 0 Å². The number of aromatic amines is 1. The molecule has 0 amide bonds. The van der Waals surface area contributed by atoms with Crippen molar-refractivity contribution in [3.8, 4) is 0 Å². The molecule has 0 radical (unpaired) electrons. The molecule has 3 N–H and O–H groups in total. The molecule has 2 aromatic rings. The summed E-state index contributed by atoms with van der Waals surface area (Å²) in [5.74, 6) is 0.802. The molecule has 0 fully saturated rings. The van der Waals surface area contributed by atoms with Crippen LogP contribution in [0.25, 0.3) is 11.6 Å². The number of nitrogens with two attached hydrogens (primary N) is 1. The molecule has 0 spiro atoms. The van der Waals surface area contributed by atoms with E-state index in [0.717, 1.165) is 17.0 Å². The molecular formula is C10H11N3O. The summed E-state index contributed by atoms with van der Waals surface area (Å²) in [5.41, 5.74) is 8.18. The Hall–Kier alpha value is -1.97. The Morgan fingerprint density at radius 3 is 3.07 bits per heavy atom. The predicted octanol–water partition coefficient (Wildman–Crippen LogP) is 2.15. The van der Waals surface area contributed by atoms with Crippen molar-refractivity contribution in [2.45, 2.75) is 6.92 Å². The first-order valence-electron chi connectivity index (χ1n) is 4.28. The van der Waals surface area contributed by atoms with Crippen LogP contribution in [0.15, 0.2) is 29.0 Å². The summed E-state index contributed by atoms with van der Waals surface area (Å²) >= 11 is 0. The number of nitrogens with one attached hydrogen (secondary N) is 1. The lowest BCUT2D eigenvalue weighted by Gasteiger charge is -1.97. The average Bonchev–Trinajstić information content (AvgIpc) is 2.75. The van der Waals surface area contributed by atoms with Gasteiger partial charge in [-0.15, -0.1) is 0 Å². The van der Waals surface area contributed by atoms with E-state index in [9.17, 15) is 0 Å². The zero-order chi connectivity index (χ0) is 9.97. The van der Waals surface area contributed by atoms with Gasteiger partial charge in [0.25, 0.3) is 0 Å². The number of furan rings is 1. The number of anilines is 1. The third-order valence-corrected chi connectivity index (χ3v) is 1.96. The second kappa shape index (κ2) is 3.41. The maximum Gasteiger partial charge on any atom is 0.126 e. The van der Waals surface area contributed by atoms with Crippen LogP contribution in [0.2, 0.25) is 0 Å². The van der Waals surface area contributed by atoms with Crippen molar-refractivity contribution in [2.24, 2.45) is 0 Å². The second-order valence-electron chi connectivity index (χ2n) is 3.04. The van der Waals surface area contributed by atoms with Crippen molar-refractivity contribution in [1.82, 2.24) is 10.2 Å². The van der Waals surface area contributed by atoms with Crippen LogP contribution in [0.4, 0.5) is 5.69 Å². The lowest BCUT2D eigenvalue weighted by atomic mass is 10.2. The fraction of sp³-hybridized carbons (Fsp3) is 0.100. The highest BCUT2D eigenvalue weighted by molar-refractivity contribution is 5.81. The largest absolute Gasteiger partial charge is 0.465 e. The number of nitrogen functional groups attached to an aromatic ring is 1. The van der Waals surface area contributed by atoms with Crippen LogP contribution in [0, 0.1) is 0 Å². The summed E-state index contributed by atoms with van der Waals surface area (Å²) in [7, 11) is 0. The van der Waals surface area contributed by atoms with Crippen LogP contribution < -0.4 is 5.73 Å². The summed E-state index contributed by atoms with van der Waals surface area (Å²) in [6, 6.07) is 3.73. The molecule has 0 aliphatic heterocycles. The minimum Gasteiger partial charge on any atom is -0.465 e. The highest BCUT2D eigenvalue weighted by atomic mass is 16.3. The van der Waals surface area contributed by atoms with E-state index in [2.05, 4.69) is 10.2 Å². The molecule has 0 aromatic carbocycles. The SMILES string of the molecule is C/C(=C/c1ccco1)c1[nH]ncc1N. The third-order valence-electron chi connectivity index (χ3n) is 1.96. The van der Waals surface area contributed by atoms with Gasteiger partial charge in [-0.3, -0.25) is 5.10 Å². The molecule has 0 saturated heterocycles. The fourth-order valence-corrected chi connectivity index (χ4v) is 1.27. The van der Waals surface area contributed by atoms with E-state index in [0.29, 0.717) is 5.69 Å². The number of allylic oxidation sites excluding steroid dienone is 1. The first-order valence-corrected chi connectivity index (χ1v) is 4.28. The Bertz CT molecular complexity index is 440. The molecule has 2 heterocycles. The van der Waals surface area contributed by atoms with Crippen molar-refractivity contribution in [1.29, 1.82) is 0 Å². The van der Waals surface area contributed by atoms with Crippen LogP contribution in [0.3, 0.4) is 0 Å². The van der Waals surface area contributed by atoms with Gasteiger partial charge in [0.1, 0.15) is 5.76 Å². The Morgan fingerprint density at radius 2 is 2.50 bits per heavy atom.